The van der Waals surface area contributed by atoms with Crippen molar-refractivity contribution in [3.63, 3.8) is 0 Å². The third kappa shape index (κ3) is 2.90. The Labute approximate surface area is 109 Å². The number of nitrogens with one attached hydrogen (secondary N) is 1. The topological polar surface area (TPSA) is 39.1 Å². The minimum atomic E-state index is 0.453. The van der Waals surface area contributed by atoms with Crippen LogP contribution in [0.25, 0.3) is 0 Å². The number of hydrogen-bond donors (Lipinski definition) is 1. The Morgan fingerprint density at radius 2 is 2.28 bits per heavy atom. The van der Waals surface area contributed by atoms with Crippen molar-refractivity contribution in [1.29, 1.82) is 5.26 Å². The van der Waals surface area contributed by atoms with Gasteiger partial charge in [-0.15, -0.1) is 0 Å². The van der Waals surface area contributed by atoms with E-state index in [4.69, 9.17) is 5.26 Å². The molecule has 0 bridgehead atoms. The van der Waals surface area contributed by atoms with E-state index in [9.17, 15) is 0 Å². The molecule has 0 saturated carbocycles. The van der Waals surface area contributed by atoms with Gasteiger partial charge in [0.1, 0.15) is 0 Å². The van der Waals surface area contributed by atoms with E-state index >= 15 is 0 Å². The lowest BCUT2D eigenvalue weighted by Gasteiger charge is -2.30. The van der Waals surface area contributed by atoms with Gasteiger partial charge >= 0.3 is 0 Å². The first-order valence-electron chi connectivity index (χ1n) is 6.76. The minimum absolute atomic E-state index is 0.453. The van der Waals surface area contributed by atoms with E-state index in [1.54, 1.807) is 0 Å². The fraction of sp³-hybridized carbons (Fsp3) is 0.533. The zero-order valence-corrected chi connectivity index (χ0v) is 11.0. The van der Waals surface area contributed by atoms with Gasteiger partial charge in [-0.1, -0.05) is 31.2 Å². The molecule has 0 radical (unpaired) electrons. The van der Waals surface area contributed by atoms with Gasteiger partial charge in [-0.05, 0) is 30.6 Å². The standard InChI is InChI=1S/C15H21N3/c1-2-18(11-5-9-16)15-8-10-17-12-13-6-3-4-7-14(13)15/h3-4,6-7,15,17H,2,5,8,10-12H2,1H3. The first-order valence-corrected chi connectivity index (χ1v) is 6.76. The molecule has 1 unspecified atom stereocenters. The first kappa shape index (κ1) is 13.1. The predicted octanol–water partition coefficient (Wildman–Crippen LogP) is 2.46. The second-order valence-corrected chi connectivity index (χ2v) is 4.72. The molecular formula is C15H21N3. The van der Waals surface area contributed by atoms with Crippen molar-refractivity contribution in [2.24, 2.45) is 0 Å². The van der Waals surface area contributed by atoms with Crippen LogP contribution in [0.1, 0.15) is 36.9 Å². The Morgan fingerprint density at radius 1 is 1.44 bits per heavy atom. The van der Waals surface area contributed by atoms with Crippen molar-refractivity contribution in [1.82, 2.24) is 10.2 Å². The van der Waals surface area contributed by atoms with Gasteiger partial charge in [-0.3, -0.25) is 4.90 Å². The van der Waals surface area contributed by atoms with Crippen LogP contribution >= 0.6 is 0 Å². The zero-order chi connectivity index (χ0) is 12.8. The van der Waals surface area contributed by atoms with Crippen molar-refractivity contribution in [2.75, 3.05) is 19.6 Å². The normalized spacial score (nSPS) is 19.1. The van der Waals surface area contributed by atoms with Gasteiger partial charge in [-0.25, -0.2) is 0 Å². The second-order valence-electron chi connectivity index (χ2n) is 4.72. The number of fused-ring (bicyclic) bond motifs is 1. The summed E-state index contributed by atoms with van der Waals surface area (Å²) in [6.45, 7) is 6.05. The molecule has 1 aromatic rings. The van der Waals surface area contributed by atoms with Gasteiger partial charge in [0.2, 0.25) is 0 Å². The molecule has 18 heavy (non-hydrogen) atoms. The molecule has 1 aliphatic heterocycles. The van der Waals surface area contributed by atoms with Crippen LogP contribution in [-0.4, -0.2) is 24.5 Å². The van der Waals surface area contributed by atoms with E-state index in [2.05, 4.69) is 47.5 Å². The Kier molecular flexibility index (Phi) is 4.74. The maximum absolute atomic E-state index is 8.77. The van der Waals surface area contributed by atoms with Gasteiger partial charge < -0.3 is 5.32 Å². The van der Waals surface area contributed by atoms with Gasteiger partial charge in [0, 0.05) is 25.6 Å². The quantitative estimate of drug-likeness (QED) is 0.883. The largest absolute Gasteiger partial charge is 0.313 e. The Balaban J connectivity index is 2.23. The lowest BCUT2D eigenvalue weighted by Crippen LogP contribution is -2.30. The molecule has 1 N–H and O–H groups in total. The van der Waals surface area contributed by atoms with Crippen molar-refractivity contribution in [2.45, 2.75) is 32.4 Å². The van der Waals surface area contributed by atoms with Crippen LogP contribution in [0.5, 0.6) is 0 Å². The molecule has 0 aromatic heterocycles. The fourth-order valence-electron chi connectivity index (χ4n) is 2.74. The molecule has 2 rings (SSSR count). The molecule has 1 atom stereocenters. The van der Waals surface area contributed by atoms with Crippen molar-refractivity contribution in [3.8, 4) is 6.07 Å². The molecule has 0 spiro atoms. The summed E-state index contributed by atoms with van der Waals surface area (Å²) in [7, 11) is 0. The molecule has 96 valence electrons. The van der Waals surface area contributed by atoms with E-state index in [-0.39, 0.29) is 0 Å². The fourth-order valence-corrected chi connectivity index (χ4v) is 2.74. The zero-order valence-electron chi connectivity index (χ0n) is 11.0. The van der Waals surface area contributed by atoms with Crippen LogP contribution < -0.4 is 5.32 Å². The number of nitriles is 1. The number of rotatable bonds is 4. The predicted molar refractivity (Wildman–Crippen MR) is 73.0 cm³/mol. The molecule has 0 amide bonds. The van der Waals surface area contributed by atoms with Gasteiger partial charge in [-0.2, -0.15) is 5.26 Å². The third-order valence-corrected chi connectivity index (χ3v) is 3.68. The second kappa shape index (κ2) is 6.53. The summed E-state index contributed by atoms with van der Waals surface area (Å²) >= 11 is 0. The Bertz CT molecular complexity index is 422. The Hall–Kier alpha value is -1.37. The van der Waals surface area contributed by atoms with Crippen LogP contribution in [0.2, 0.25) is 0 Å². The van der Waals surface area contributed by atoms with E-state index in [0.717, 1.165) is 32.6 Å². The highest BCUT2D eigenvalue weighted by atomic mass is 15.2. The number of nitrogens with zero attached hydrogens (tertiary/aromatic N) is 2. The van der Waals surface area contributed by atoms with Crippen molar-refractivity contribution < 1.29 is 0 Å². The van der Waals surface area contributed by atoms with Gasteiger partial charge in [0.15, 0.2) is 0 Å². The number of hydrogen-bond acceptors (Lipinski definition) is 3. The smallest absolute Gasteiger partial charge is 0.0635 e. The summed E-state index contributed by atoms with van der Waals surface area (Å²) in [5, 5.41) is 12.2. The average Bonchev–Trinajstić information content (AvgIpc) is 2.63. The lowest BCUT2D eigenvalue weighted by molar-refractivity contribution is 0.203. The molecule has 3 heteroatoms. The highest BCUT2D eigenvalue weighted by Crippen LogP contribution is 2.28. The van der Waals surface area contributed by atoms with Gasteiger partial charge in [0.05, 0.1) is 6.07 Å². The van der Waals surface area contributed by atoms with E-state index in [0.29, 0.717) is 12.5 Å². The van der Waals surface area contributed by atoms with E-state index < -0.39 is 0 Å². The molecule has 1 heterocycles. The summed E-state index contributed by atoms with van der Waals surface area (Å²) in [6.07, 6.45) is 1.73. The summed E-state index contributed by atoms with van der Waals surface area (Å²) in [6, 6.07) is 11.4. The summed E-state index contributed by atoms with van der Waals surface area (Å²) in [4.78, 5) is 2.43. The van der Waals surface area contributed by atoms with Crippen LogP contribution in [-0.2, 0) is 6.54 Å². The van der Waals surface area contributed by atoms with Crippen molar-refractivity contribution in [3.05, 3.63) is 35.4 Å². The van der Waals surface area contributed by atoms with Crippen LogP contribution in [0.3, 0.4) is 0 Å². The monoisotopic (exact) mass is 243 g/mol. The van der Waals surface area contributed by atoms with Gasteiger partial charge in [0.25, 0.3) is 0 Å². The summed E-state index contributed by atoms with van der Waals surface area (Å²) < 4.78 is 0. The van der Waals surface area contributed by atoms with Crippen LogP contribution in [0.15, 0.2) is 24.3 Å². The number of benzene rings is 1. The highest BCUT2D eigenvalue weighted by molar-refractivity contribution is 5.31. The average molecular weight is 243 g/mol. The van der Waals surface area contributed by atoms with E-state index in [1.807, 2.05) is 0 Å². The molecule has 0 saturated heterocycles. The van der Waals surface area contributed by atoms with Crippen LogP contribution in [0, 0.1) is 11.3 Å². The molecular weight excluding hydrogens is 222 g/mol. The highest BCUT2D eigenvalue weighted by Gasteiger charge is 2.22. The Morgan fingerprint density at radius 3 is 3.06 bits per heavy atom. The molecule has 1 aromatic carbocycles. The van der Waals surface area contributed by atoms with E-state index in [1.165, 1.54) is 11.1 Å². The minimum Gasteiger partial charge on any atom is -0.313 e. The summed E-state index contributed by atoms with van der Waals surface area (Å²) in [5.41, 5.74) is 2.83. The summed E-state index contributed by atoms with van der Waals surface area (Å²) in [5.74, 6) is 0. The van der Waals surface area contributed by atoms with Crippen molar-refractivity contribution >= 4 is 0 Å². The molecule has 1 aliphatic rings. The first-order chi connectivity index (χ1) is 8.86. The lowest BCUT2D eigenvalue weighted by atomic mass is 9.97. The SMILES string of the molecule is CCN(CCC#N)C1CCNCc2ccccc21. The van der Waals surface area contributed by atoms with Crippen LogP contribution in [0.4, 0.5) is 0 Å². The molecule has 0 fully saturated rings. The third-order valence-electron chi connectivity index (χ3n) is 3.68. The molecule has 0 aliphatic carbocycles. The maximum atomic E-state index is 8.77. The molecule has 3 nitrogen and oxygen atoms in total. The maximum Gasteiger partial charge on any atom is 0.0635 e.